The Bertz CT molecular complexity index is 930. The number of imidazole rings is 1. The third-order valence-electron chi connectivity index (χ3n) is 4.51. The van der Waals surface area contributed by atoms with Gasteiger partial charge in [0.1, 0.15) is 11.6 Å². The molecule has 2 N–H and O–H groups in total. The van der Waals surface area contributed by atoms with Gasteiger partial charge < -0.3 is 10.3 Å². The molecule has 1 aliphatic heterocycles. The van der Waals surface area contributed by atoms with Gasteiger partial charge >= 0.3 is 0 Å². The van der Waals surface area contributed by atoms with Gasteiger partial charge in [0.05, 0.1) is 23.3 Å². The van der Waals surface area contributed by atoms with E-state index in [0.29, 0.717) is 5.92 Å². The first-order valence-electron chi connectivity index (χ1n) is 8.31. The number of halogens is 1. The monoisotopic (exact) mass is 338 g/mol. The summed E-state index contributed by atoms with van der Waals surface area (Å²) in [5.41, 5.74) is 3.43. The Balaban J connectivity index is 1.34. The Labute approximate surface area is 144 Å². The normalized spacial score (nSPS) is 15.3. The number of benzene rings is 2. The number of carbonyl (C=O) groups is 1. The van der Waals surface area contributed by atoms with Crippen molar-refractivity contribution in [2.24, 2.45) is 0 Å². The van der Waals surface area contributed by atoms with Crippen LogP contribution in [0.2, 0.25) is 0 Å². The van der Waals surface area contributed by atoms with Crippen molar-refractivity contribution in [3.05, 3.63) is 59.7 Å². The number of hydrogen-bond acceptors (Lipinski definition) is 3. The molecule has 0 saturated carbocycles. The Hall–Kier alpha value is -2.73. The van der Waals surface area contributed by atoms with Gasteiger partial charge in [0.25, 0.3) is 0 Å². The molecule has 128 valence electrons. The van der Waals surface area contributed by atoms with Gasteiger partial charge in [-0.25, -0.2) is 9.37 Å². The second kappa shape index (κ2) is 6.29. The van der Waals surface area contributed by atoms with Gasteiger partial charge in [-0.3, -0.25) is 9.69 Å². The van der Waals surface area contributed by atoms with Gasteiger partial charge in [-0.15, -0.1) is 0 Å². The highest BCUT2D eigenvalue weighted by Crippen LogP contribution is 2.27. The SMILES string of the molecule is Cc1ccc2nc(C3CN(CC(=O)Nc4ccccc4F)C3)[nH]c2c1. The molecule has 0 spiro atoms. The third-order valence-corrected chi connectivity index (χ3v) is 4.51. The van der Waals surface area contributed by atoms with Crippen molar-refractivity contribution in [3.8, 4) is 0 Å². The average Bonchev–Trinajstić information content (AvgIpc) is 2.95. The minimum absolute atomic E-state index is 0.205. The van der Waals surface area contributed by atoms with E-state index >= 15 is 0 Å². The lowest BCUT2D eigenvalue weighted by molar-refractivity contribution is -0.118. The van der Waals surface area contributed by atoms with Crippen LogP contribution in [0.3, 0.4) is 0 Å². The smallest absolute Gasteiger partial charge is 0.238 e. The van der Waals surface area contributed by atoms with E-state index in [-0.39, 0.29) is 18.1 Å². The second-order valence-electron chi connectivity index (χ2n) is 6.56. The number of amides is 1. The Morgan fingerprint density at radius 2 is 2.12 bits per heavy atom. The van der Waals surface area contributed by atoms with Crippen molar-refractivity contribution in [3.63, 3.8) is 0 Å². The van der Waals surface area contributed by atoms with E-state index < -0.39 is 5.82 Å². The quantitative estimate of drug-likeness (QED) is 0.769. The summed E-state index contributed by atoms with van der Waals surface area (Å²) in [6, 6.07) is 12.3. The van der Waals surface area contributed by atoms with Crippen molar-refractivity contribution in [2.75, 3.05) is 25.0 Å². The fraction of sp³-hybridized carbons (Fsp3) is 0.263. The van der Waals surface area contributed by atoms with Gasteiger partial charge in [0.15, 0.2) is 0 Å². The standard InChI is InChI=1S/C19H19FN4O/c1-12-6-7-16-17(8-12)23-19(22-16)13-9-24(10-13)11-18(25)21-15-5-3-2-4-14(15)20/h2-8,13H,9-11H2,1H3,(H,21,25)(H,22,23). The molecule has 1 amide bonds. The number of carbonyl (C=O) groups excluding carboxylic acids is 1. The van der Waals surface area contributed by atoms with E-state index in [1.54, 1.807) is 18.2 Å². The minimum Gasteiger partial charge on any atom is -0.342 e. The van der Waals surface area contributed by atoms with Gasteiger partial charge in [-0.1, -0.05) is 18.2 Å². The lowest BCUT2D eigenvalue weighted by atomic mass is 9.99. The number of H-pyrrole nitrogens is 1. The Morgan fingerprint density at radius 3 is 2.92 bits per heavy atom. The number of nitrogens with zero attached hydrogens (tertiary/aromatic N) is 2. The fourth-order valence-corrected chi connectivity index (χ4v) is 3.16. The second-order valence-corrected chi connectivity index (χ2v) is 6.56. The largest absolute Gasteiger partial charge is 0.342 e. The van der Waals surface area contributed by atoms with Crippen molar-refractivity contribution < 1.29 is 9.18 Å². The maximum atomic E-state index is 13.6. The molecule has 6 heteroatoms. The number of aromatic nitrogens is 2. The molecule has 5 nitrogen and oxygen atoms in total. The number of likely N-dealkylation sites (tertiary alicyclic amines) is 1. The molecule has 1 aliphatic rings. The molecule has 1 saturated heterocycles. The summed E-state index contributed by atoms with van der Waals surface area (Å²) in [5, 5.41) is 2.61. The summed E-state index contributed by atoms with van der Waals surface area (Å²) in [6.07, 6.45) is 0. The molecule has 2 aromatic carbocycles. The molecule has 0 unspecified atom stereocenters. The highest BCUT2D eigenvalue weighted by atomic mass is 19.1. The number of para-hydroxylation sites is 1. The predicted octanol–water partition coefficient (Wildman–Crippen LogP) is 3.05. The van der Waals surface area contributed by atoms with Crippen molar-refractivity contribution >= 4 is 22.6 Å². The van der Waals surface area contributed by atoms with Crippen LogP contribution in [0.1, 0.15) is 17.3 Å². The van der Waals surface area contributed by atoms with E-state index in [4.69, 9.17) is 0 Å². The van der Waals surface area contributed by atoms with Crippen molar-refractivity contribution in [1.82, 2.24) is 14.9 Å². The number of aromatic amines is 1. The molecule has 2 heterocycles. The van der Waals surface area contributed by atoms with Crippen molar-refractivity contribution in [2.45, 2.75) is 12.8 Å². The fourth-order valence-electron chi connectivity index (χ4n) is 3.16. The van der Waals surface area contributed by atoms with Gasteiger partial charge in [0, 0.05) is 19.0 Å². The summed E-state index contributed by atoms with van der Waals surface area (Å²) in [5.74, 6) is 0.638. The number of hydrogen-bond donors (Lipinski definition) is 2. The van der Waals surface area contributed by atoms with Crippen LogP contribution >= 0.6 is 0 Å². The minimum atomic E-state index is -0.421. The molecule has 0 bridgehead atoms. The lowest BCUT2D eigenvalue weighted by Crippen LogP contribution is -2.48. The maximum Gasteiger partial charge on any atom is 0.238 e. The number of nitrogens with one attached hydrogen (secondary N) is 2. The van der Waals surface area contributed by atoms with Gasteiger partial charge in [0.2, 0.25) is 5.91 Å². The molecule has 1 aromatic heterocycles. The lowest BCUT2D eigenvalue weighted by Gasteiger charge is -2.37. The van der Waals surface area contributed by atoms with Crippen LogP contribution in [0, 0.1) is 12.7 Å². The van der Waals surface area contributed by atoms with E-state index in [1.807, 2.05) is 17.0 Å². The summed E-state index contributed by atoms with van der Waals surface area (Å²) in [6.45, 7) is 3.84. The summed E-state index contributed by atoms with van der Waals surface area (Å²) < 4.78 is 13.6. The molecule has 3 aromatic rings. The summed E-state index contributed by atoms with van der Waals surface area (Å²) in [7, 11) is 0. The van der Waals surface area contributed by atoms with Crippen LogP contribution in [0.25, 0.3) is 11.0 Å². The number of fused-ring (bicyclic) bond motifs is 1. The van der Waals surface area contributed by atoms with Gasteiger partial charge in [-0.2, -0.15) is 0 Å². The van der Waals surface area contributed by atoms with Crippen molar-refractivity contribution in [1.29, 1.82) is 0 Å². The zero-order valence-electron chi connectivity index (χ0n) is 13.9. The van der Waals surface area contributed by atoms with E-state index in [0.717, 1.165) is 29.9 Å². The topological polar surface area (TPSA) is 61.0 Å². The molecule has 25 heavy (non-hydrogen) atoms. The van der Waals surface area contributed by atoms with E-state index in [2.05, 4.69) is 28.3 Å². The first-order chi connectivity index (χ1) is 12.1. The summed E-state index contributed by atoms with van der Waals surface area (Å²) in [4.78, 5) is 22.1. The first-order valence-corrected chi connectivity index (χ1v) is 8.31. The zero-order valence-corrected chi connectivity index (χ0v) is 13.9. The van der Waals surface area contributed by atoms with E-state index in [9.17, 15) is 9.18 Å². The average molecular weight is 338 g/mol. The van der Waals surface area contributed by atoms with Crippen LogP contribution in [0.15, 0.2) is 42.5 Å². The van der Waals surface area contributed by atoms with Crippen LogP contribution in [-0.4, -0.2) is 40.4 Å². The summed E-state index contributed by atoms with van der Waals surface area (Å²) >= 11 is 0. The molecule has 0 atom stereocenters. The molecular formula is C19H19FN4O. The molecule has 1 fully saturated rings. The number of rotatable bonds is 4. The highest BCUT2D eigenvalue weighted by Gasteiger charge is 2.31. The molecule has 0 aliphatic carbocycles. The third kappa shape index (κ3) is 3.25. The molecular weight excluding hydrogens is 319 g/mol. The van der Waals surface area contributed by atoms with Crippen LogP contribution in [0.5, 0.6) is 0 Å². The van der Waals surface area contributed by atoms with Crippen LogP contribution in [0.4, 0.5) is 10.1 Å². The van der Waals surface area contributed by atoms with Gasteiger partial charge in [-0.05, 0) is 36.8 Å². The Kier molecular flexibility index (Phi) is 3.97. The maximum absolute atomic E-state index is 13.6. The first kappa shape index (κ1) is 15.8. The highest BCUT2D eigenvalue weighted by molar-refractivity contribution is 5.92. The van der Waals surface area contributed by atoms with Crippen LogP contribution < -0.4 is 5.32 Å². The Morgan fingerprint density at radius 1 is 1.32 bits per heavy atom. The molecule has 4 rings (SSSR count). The number of aryl methyl sites for hydroxylation is 1. The molecule has 0 radical (unpaired) electrons. The predicted molar refractivity (Wildman–Crippen MR) is 95.0 cm³/mol. The zero-order chi connectivity index (χ0) is 17.4. The van der Waals surface area contributed by atoms with E-state index in [1.165, 1.54) is 11.6 Å². The number of anilines is 1. The van der Waals surface area contributed by atoms with Crippen LogP contribution in [-0.2, 0) is 4.79 Å².